The molecular formula is C19H32O. The Labute approximate surface area is 124 Å². The van der Waals surface area contributed by atoms with E-state index >= 15 is 0 Å². The smallest absolute Gasteiger partial charge is 0.0576 e. The highest BCUT2D eigenvalue weighted by Gasteiger charge is 2.59. The number of hydrogen-bond donors (Lipinski definition) is 1. The van der Waals surface area contributed by atoms with Crippen LogP contribution >= 0.6 is 0 Å². The van der Waals surface area contributed by atoms with Crippen molar-refractivity contribution in [3.05, 3.63) is 0 Å². The van der Waals surface area contributed by atoms with Gasteiger partial charge >= 0.3 is 0 Å². The summed E-state index contributed by atoms with van der Waals surface area (Å²) in [6.45, 7) is 5.11. The monoisotopic (exact) mass is 276 g/mol. The van der Waals surface area contributed by atoms with Crippen LogP contribution in [0.25, 0.3) is 0 Å². The van der Waals surface area contributed by atoms with Crippen LogP contribution in [-0.2, 0) is 0 Å². The lowest BCUT2D eigenvalue weighted by Gasteiger charge is -2.60. The zero-order chi connectivity index (χ0) is 14.0. The van der Waals surface area contributed by atoms with Crippen LogP contribution in [0.2, 0.25) is 0 Å². The summed E-state index contributed by atoms with van der Waals surface area (Å²) in [5.41, 5.74) is 1.09. The molecule has 0 radical (unpaired) electrons. The molecule has 4 fully saturated rings. The van der Waals surface area contributed by atoms with E-state index in [1.807, 2.05) is 0 Å². The van der Waals surface area contributed by atoms with Gasteiger partial charge in [-0.2, -0.15) is 0 Å². The molecule has 0 unspecified atom stereocenters. The molecule has 0 aromatic heterocycles. The van der Waals surface area contributed by atoms with Gasteiger partial charge in [-0.3, -0.25) is 0 Å². The third-order valence-corrected chi connectivity index (χ3v) is 8.38. The minimum atomic E-state index is 0.0107. The number of hydrogen-bond acceptors (Lipinski definition) is 1. The van der Waals surface area contributed by atoms with Crippen LogP contribution in [0.3, 0.4) is 0 Å². The van der Waals surface area contributed by atoms with Crippen LogP contribution in [0.5, 0.6) is 0 Å². The van der Waals surface area contributed by atoms with Gasteiger partial charge in [-0.15, -0.1) is 0 Å². The van der Waals surface area contributed by atoms with Crippen molar-refractivity contribution in [2.75, 3.05) is 0 Å². The van der Waals surface area contributed by atoms with E-state index in [9.17, 15) is 5.11 Å². The van der Waals surface area contributed by atoms with Gasteiger partial charge in [0.1, 0.15) is 0 Å². The van der Waals surface area contributed by atoms with Gasteiger partial charge in [-0.1, -0.05) is 26.7 Å². The predicted molar refractivity (Wildman–Crippen MR) is 82.4 cm³/mol. The van der Waals surface area contributed by atoms with Crippen molar-refractivity contribution in [3.63, 3.8) is 0 Å². The Morgan fingerprint density at radius 3 is 2.50 bits per heavy atom. The molecule has 0 aromatic rings. The third-order valence-electron chi connectivity index (χ3n) is 8.38. The fourth-order valence-electron chi connectivity index (χ4n) is 7.32. The highest BCUT2D eigenvalue weighted by atomic mass is 16.3. The molecule has 0 heterocycles. The molecule has 1 heteroatoms. The molecule has 0 aromatic carbocycles. The SMILES string of the molecule is C[C@]12CC[C@@H]3[C@H](CC[C@H]4CCCC[C@]43C)[C@H]1[C@@H](O)CC2. The molecule has 114 valence electrons. The summed E-state index contributed by atoms with van der Waals surface area (Å²) < 4.78 is 0. The van der Waals surface area contributed by atoms with Crippen molar-refractivity contribution in [2.24, 2.45) is 34.5 Å². The molecule has 7 atom stereocenters. The van der Waals surface area contributed by atoms with Crippen LogP contribution in [0.15, 0.2) is 0 Å². The molecule has 4 aliphatic carbocycles. The van der Waals surface area contributed by atoms with Gasteiger partial charge in [0.15, 0.2) is 0 Å². The molecular weight excluding hydrogens is 244 g/mol. The zero-order valence-electron chi connectivity index (χ0n) is 13.4. The number of fused-ring (bicyclic) bond motifs is 5. The van der Waals surface area contributed by atoms with Crippen molar-refractivity contribution in [3.8, 4) is 0 Å². The van der Waals surface area contributed by atoms with Crippen molar-refractivity contribution >= 4 is 0 Å². The van der Waals surface area contributed by atoms with Crippen LogP contribution in [0.4, 0.5) is 0 Å². The summed E-state index contributed by atoms with van der Waals surface area (Å²) in [6.07, 6.45) is 14.0. The first-order chi connectivity index (χ1) is 9.55. The van der Waals surface area contributed by atoms with E-state index in [1.165, 1.54) is 57.8 Å². The molecule has 0 amide bonds. The molecule has 4 rings (SSSR count). The van der Waals surface area contributed by atoms with Crippen LogP contribution in [0.1, 0.15) is 78.1 Å². The van der Waals surface area contributed by atoms with E-state index in [0.29, 0.717) is 16.7 Å². The molecule has 1 N–H and O–H groups in total. The summed E-state index contributed by atoms with van der Waals surface area (Å²) in [4.78, 5) is 0. The number of aliphatic hydroxyl groups is 1. The summed E-state index contributed by atoms with van der Waals surface area (Å²) in [5.74, 6) is 3.39. The lowest BCUT2D eigenvalue weighted by molar-refractivity contribution is -0.122. The highest BCUT2D eigenvalue weighted by Crippen LogP contribution is 2.66. The van der Waals surface area contributed by atoms with Gasteiger partial charge in [0.2, 0.25) is 0 Å². The average Bonchev–Trinajstić information content (AvgIpc) is 2.74. The zero-order valence-corrected chi connectivity index (χ0v) is 13.4. The Morgan fingerprint density at radius 1 is 0.850 bits per heavy atom. The fourth-order valence-corrected chi connectivity index (χ4v) is 7.32. The van der Waals surface area contributed by atoms with Gasteiger partial charge in [0.25, 0.3) is 0 Å². The maximum atomic E-state index is 10.6. The van der Waals surface area contributed by atoms with Crippen molar-refractivity contribution < 1.29 is 5.11 Å². The summed E-state index contributed by atoms with van der Waals surface area (Å²) >= 11 is 0. The summed E-state index contributed by atoms with van der Waals surface area (Å²) in [5, 5.41) is 10.6. The van der Waals surface area contributed by atoms with Crippen LogP contribution < -0.4 is 0 Å². The normalized spacial score (nSPS) is 58.6. The minimum Gasteiger partial charge on any atom is -0.393 e. The van der Waals surface area contributed by atoms with Crippen molar-refractivity contribution in [1.82, 2.24) is 0 Å². The topological polar surface area (TPSA) is 20.2 Å². The lowest BCUT2D eigenvalue weighted by Crippen LogP contribution is -2.53. The second kappa shape index (κ2) is 4.48. The van der Waals surface area contributed by atoms with Crippen molar-refractivity contribution in [1.29, 1.82) is 0 Å². The van der Waals surface area contributed by atoms with E-state index in [0.717, 1.165) is 24.2 Å². The minimum absolute atomic E-state index is 0.0107. The van der Waals surface area contributed by atoms with Crippen LogP contribution in [0, 0.1) is 34.5 Å². The maximum absolute atomic E-state index is 10.6. The Bertz CT molecular complexity index is 391. The third kappa shape index (κ3) is 1.71. The average molecular weight is 276 g/mol. The first-order valence-electron chi connectivity index (χ1n) is 9.23. The molecule has 0 spiro atoms. The first-order valence-corrected chi connectivity index (χ1v) is 9.23. The molecule has 0 aliphatic heterocycles. The van der Waals surface area contributed by atoms with Gasteiger partial charge in [-0.05, 0) is 85.9 Å². The van der Waals surface area contributed by atoms with Gasteiger partial charge in [0, 0.05) is 0 Å². The van der Waals surface area contributed by atoms with Gasteiger partial charge in [-0.25, -0.2) is 0 Å². The molecule has 1 nitrogen and oxygen atoms in total. The lowest BCUT2D eigenvalue weighted by atomic mass is 9.45. The molecule has 4 aliphatic rings. The van der Waals surface area contributed by atoms with E-state index in [2.05, 4.69) is 13.8 Å². The van der Waals surface area contributed by atoms with E-state index < -0.39 is 0 Å². The van der Waals surface area contributed by atoms with E-state index in [-0.39, 0.29) is 6.10 Å². The molecule has 0 saturated heterocycles. The molecule has 0 bridgehead atoms. The molecule has 20 heavy (non-hydrogen) atoms. The number of aliphatic hydroxyl groups excluding tert-OH is 1. The van der Waals surface area contributed by atoms with Crippen LogP contribution in [-0.4, -0.2) is 11.2 Å². The second-order valence-electron chi connectivity index (χ2n) is 9.12. The van der Waals surface area contributed by atoms with Gasteiger partial charge < -0.3 is 5.11 Å². The van der Waals surface area contributed by atoms with Gasteiger partial charge in [0.05, 0.1) is 6.10 Å². The Morgan fingerprint density at radius 2 is 1.65 bits per heavy atom. The quantitative estimate of drug-likeness (QED) is 0.675. The summed E-state index contributed by atoms with van der Waals surface area (Å²) in [6, 6.07) is 0. The second-order valence-corrected chi connectivity index (χ2v) is 9.12. The molecule has 4 saturated carbocycles. The predicted octanol–water partition coefficient (Wildman–Crippen LogP) is 4.78. The summed E-state index contributed by atoms with van der Waals surface area (Å²) in [7, 11) is 0. The highest BCUT2D eigenvalue weighted by molar-refractivity contribution is 5.08. The Kier molecular flexibility index (Phi) is 3.05. The Balaban J connectivity index is 1.66. The van der Waals surface area contributed by atoms with E-state index in [1.54, 1.807) is 0 Å². The van der Waals surface area contributed by atoms with E-state index in [4.69, 9.17) is 0 Å². The largest absolute Gasteiger partial charge is 0.393 e. The maximum Gasteiger partial charge on any atom is 0.0576 e. The van der Waals surface area contributed by atoms with Crippen molar-refractivity contribution in [2.45, 2.75) is 84.2 Å². The standard InChI is InChI=1S/C19H32O/c1-18-11-8-15-14(17(18)16(20)9-12-18)7-6-13-5-3-4-10-19(13,15)2/h13-17,20H,3-12H2,1-2H3/t13-,14+,15-,16+,17+,18-,19-/m1/s1. The number of rotatable bonds is 0. The fraction of sp³-hybridized carbons (Fsp3) is 1.00. The Hall–Kier alpha value is -0.0400. The first kappa shape index (κ1) is 13.6.